The summed E-state index contributed by atoms with van der Waals surface area (Å²) in [5.74, 6) is 0. The zero-order chi connectivity index (χ0) is 10.1. The third-order valence-electron chi connectivity index (χ3n) is 1.61. The van der Waals surface area contributed by atoms with E-state index < -0.39 is 0 Å². The predicted octanol–water partition coefficient (Wildman–Crippen LogP) is 1.63. The Kier molecular flexibility index (Phi) is 7.99. The van der Waals surface area contributed by atoms with Gasteiger partial charge in [0.25, 0.3) is 0 Å². The molecule has 0 aliphatic heterocycles. The largest absolute Gasteiger partial charge is 0.379 e. The van der Waals surface area contributed by atoms with Crippen LogP contribution in [0.3, 0.4) is 0 Å². The molecule has 0 heterocycles. The van der Waals surface area contributed by atoms with E-state index in [1.807, 2.05) is 13.8 Å². The van der Waals surface area contributed by atoms with E-state index in [0.29, 0.717) is 19.8 Å². The number of methoxy groups -OCH3 is 1. The highest BCUT2D eigenvalue weighted by Gasteiger charge is 2.04. The van der Waals surface area contributed by atoms with Gasteiger partial charge in [0.1, 0.15) is 0 Å². The highest BCUT2D eigenvalue weighted by atomic mass is 16.6. The van der Waals surface area contributed by atoms with Gasteiger partial charge in [-0.3, -0.25) is 0 Å². The van der Waals surface area contributed by atoms with Crippen molar-refractivity contribution in [1.29, 1.82) is 0 Å². The molecule has 0 N–H and O–H groups in total. The van der Waals surface area contributed by atoms with Crippen LogP contribution >= 0.6 is 0 Å². The van der Waals surface area contributed by atoms with Gasteiger partial charge in [0.05, 0.1) is 32.0 Å². The molecule has 0 saturated carbocycles. The molecule has 0 fully saturated rings. The van der Waals surface area contributed by atoms with Crippen molar-refractivity contribution >= 4 is 0 Å². The number of ether oxygens (including phenoxy) is 3. The van der Waals surface area contributed by atoms with Crippen LogP contribution in [0.15, 0.2) is 12.7 Å². The predicted molar refractivity (Wildman–Crippen MR) is 52.9 cm³/mol. The van der Waals surface area contributed by atoms with E-state index in [1.54, 1.807) is 13.2 Å². The molecule has 0 amide bonds. The lowest BCUT2D eigenvalue weighted by atomic mass is 10.4. The molecule has 2 atom stereocenters. The minimum atomic E-state index is 0.109. The van der Waals surface area contributed by atoms with Gasteiger partial charge in [0.2, 0.25) is 0 Å². The molecule has 0 saturated heterocycles. The van der Waals surface area contributed by atoms with Gasteiger partial charge in [-0.15, -0.1) is 6.58 Å². The summed E-state index contributed by atoms with van der Waals surface area (Å²) in [6.45, 7) is 9.29. The third kappa shape index (κ3) is 7.96. The van der Waals surface area contributed by atoms with Crippen LogP contribution in [-0.2, 0) is 14.2 Å². The maximum Gasteiger partial charge on any atom is 0.0781 e. The lowest BCUT2D eigenvalue weighted by Crippen LogP contribution is -2.22. The second-order valence-electron chi connectivity index (χ2n) is 3.02. The van der Waals surface area contributed by atoms with E-state index in [2.05, 4.69) is 6.58 Å². The minimum Gasteiger partial charge on any atom is -0.379 e. The van der Waals surface area contributed by atoms with Crippen molar-refractivity contribution < 1.29 is 14.2 Å². The second kappa shape index (κ2) is 8.23. The first-order chi connectivity index (χ1) is 6.20. The average molecular weight is 188 g/mol. The molecule has 0 rings (SSSR count). The number of hydrogen-bond acceptors (Lipinski definition) is 3. The topological polar surface area (TPSA) is 27.7 Å². The van der Waals surface area contributed by atoms with Crippen molar-refractivity contribution in [3.8, 4) is 0 Å². The molecule has 3 nitrogen and oxygen atoms in total. The molecular formula is C10H20O3. The quantitative estimate of drug-likeness (QED) is 0.428. The Bertz CT molecular complexity index is 125. The fraction of sp³-hybridized carbons (Fsp3) is 0.800. The molecule has 2 unspecified atom stereocenters. The van der Waals surface area contributed by atoms with Crippen LogP contribution in [0, 0.1) is 0 Å². The lowest BCUT2D eigenvalue weighted by Gasteiger charge is -2.15. The highest BCUT2D eigenvalue weighted by molar-refractivity contribution is 4.64. The number of rotatable bonds is 8. The maximum absolute atomic E-state index is 5.46. The van der Waals surface area contributed by atoms with Crippen molar-refractivity contribution in [1.82, 2.24) is 0 Å². The summed E-state index contributed by atoms with van der Waals surface area (Å²) >= 11 is 0. The third-order valence-corrected chi connectivity index (χ3v) is 1.61. The van der Waals surface area contributed by atoms with E-state index in [0.717, 1.165) is 0 Å². The van der Waals surface area contributed by atoms with Crippen LogP contribution in [0.25, 0.3) is 0 Å². The molecule has 0 aromatic carbocycles. The molecule has 13 heavy (non-hydrogen) atoms. The summed E-state index contributed by atoms with van der Waals surface area (Å²) in [7, 11) is 1.67. The van der Waals surface area contributed by atoms with Gasteiger partial charge in [0, 0.05) is 7.11 Å². The van der Waals surface area contributed by atoms with Gasteiger partial charge in [0.15, 0.2) is 0 Å². The van der Waals surface area contributed by atoms with Crippen LogP contribution in [-0.4, -0.2) is 39.1 Å². The zero-order valence-electron chi connectivity index (χ0n) is 8.79. The molecule has 0 aromatic rings. The van der Waals surface area contributed by atoms with E-state index in [9.17, 15) is 0 Å². The molecule has 0 aliphatic rings. The standard InChI is InChI=1S/C10H20O3/c1-5-6-12-7-10(3)13-8-9(2)11-4/h5,9-10H,1,6-8H2,2-4H3. The molecule has 0 radical (unpaired) electrons. The Balaban J connectivity index is 3.28. The van der Waals surface area contributed by atoms with Crippen LogP contribution in [0.2, 0.25) is 0 Å². The maximum atomic E-state index is 5.46. The van der Waals surface area contributed by atoms with Crippen LogP contribution < -0.4 is 0 Å². The Labute approximate surface area is 80.7 Å². The summed E-state index contributed by atoms with van der Waals surface area (Å²) in [6.07, 6.45) is 1.98. The molecule has 78 valence electrons. The van der Waals surface area contributed by atoms with Gasteiger partial charge in [-0.2, -0.15) is 0 Å². The van der Waals surface area contributed by atoms with Gasteiger partial charge in [-0.1, -0.05) is 6.08 Å². The number of hydrogen-bond donors (Lipinski definition) is 0. The summed E-state index contributed by atoms with van der Waals surface area (Å²) in [6, 6.07) is 0. The first kappa shape index (κ1) is 12.6. The monoisotopic (exact) mass is 188 g/mol. The normalized spacial score (nSPS) is 15.3. The average Bonchev–Trinajstić information content (AvgIpc) is 2.14. The molecule has 0 spiro atoms. The van der Waals surface area contributed by atoms with E-state index >= 15 is 0 Å². The molecule has 0 aromatic heterocycles. The van der Waals surface area contributed by atoms with E-state index in [-0.39, 0.29) is 12.2 Å². The van der Waals surface area contributed by atoms with Crippen molar-refractivity contribution in [3.05, 3.63) is 12.7 Å². The Hall–Kier alpha value is -0.380. The zero-order valence-corrected chi connectivity index (χ0v) is 8.79. The summed E-state index contributed by atoms with van der Waals surface area (Å²) in [4.78, 5) is 0. The Morgan fingerprint density at radius 3 is 2.46 bits per heavy atom. The Morgan fingerprint density at radius 2 is 1.92 bits per heavy atom. The van der Waals surface area contributed by atoms with E-state index in [4.69, 9.17) is 14.2 Å². The van der Waals surface area contributed by atoms with Gasteiger partial charge >= 0.3 is 0 Å². The minimum absolute atomic E-state index is 0.109. The SMILES string of the molecule is C=CCOCC(C)OCC(C)OC. The summed E-state index contributed by atoms with van der Waals surface area (Å²) in [5.41, 5.74) is 0. The molecule has 0 bridgehead atoms. The van der Waals surface area contributed by atoms with Gasteiger partial charge in [-0.05, 0) is 13.8 Å². The lowest BCUT2D eigenvalue weighted by molar-refractivity contribution is -0.0427. The fourth-order valence-corrected chi connectivity index (χ4v) is 0.733. The van der Waals surface area contributed by atoms with Crippen LogP contribution in [0.5, 0.6) is 0 Å². The molecule has 0 aliphatic carbocycles. The van der Waals surface area contributed by atoms with Gasteiger partial charge in [-0.25, -0.2) is 0 Å². The smallest absolute Gasteiger partial charge is 0.0781 e. The van der Waals surface area contributed by atoms with Crippen LogP contribution in [0.4, 0.5) is 0 Å². The van der Waals surface area contributed by atoms with Crippen molar-refractivity contribution in [3.63, 3.8) is 0 Å². The summed E-state index contributed by atoms with van der Waals surface area (Å²) in [5, 5.41) is 0. The van der Waals surface area contributed by atoms with Crippen LogP contribution in [0.1, 0.15) is 13.8 Å². The van der Waals surface area contributed by atoms with E-state index in [1.165, 1.54) is 0 Å². The first-order valence-electron chi connectivity index (χ1n) is 4.53. The molecule has 3 heteroatoms. The van der Waals surface area contributed by atoms with Gasteiger partial charge < -0.3 is 14.2 Å². The van der Waals surface area contributed by atoms with Crippen molar-refractivity contribution in [2.75, 3.05) is 26.9 Å². The highest BCUT2D eigenvalue weighted by Crippen LogP contribution is 1.96. The van der Waals surface area contributed by atoms with Crippen molar-refractivity contribution in [2.24, 2.45) is 0 Å². The summed E-state index contributed by atoms with van der Waals surface area (Å²) < 4.78 is 15.7. The first-order valence-corrected chi connectivity index (χ1v) is 4.53. The fourth-order valence-electron chi connectivity index (χ4n) is 0.733. The van der Waals surface area contributed by atoms with Crippen molar-refractivity contribution in [2.45, 2.75) is 26.1 Å². The Morgan fingerprint density at radius 1 is 1.23 bits per heavy atom. The second-order valence-corrected chi connectivity index (χ2v) is 3.02. The molecular weight excluding hydrogens is 168 g/mol.